The first-order chi connectivity index (χ1) is 11.1. The molecule has 0 saturated carbocycles. The summed E-state index contributed by atoms with van der Waals surface area (Å²) in [5.74, 6) is -0.464. The normalized spacial score (nSPS) is 12.2. The Kier molecular flexibility index (Phi) is 4.28. The van der Waals surface area contributed by atoms with E-state index in [-0.39, 0.29) is 11.9 Å². The number of nitrogens with one attached hydrogen (secondary N) is 2. The highest BCUT2D eigenvalue weighted by Gasteiger charge is 2.10. The Morgan fingerprint density at radius 3 is 2.78 bits per heavy atom. The number of amides is 1. The lowest BCUT2D eigenvalue weighted by Gasteiger charge is -2.14. The van der Waals surface area contributed by atoms with Crippen molar-refractivity contribution in [2.75, 3.05) is 0 Å². The molecular formula is C18H18N2O3. The van der Waals surface area contributed by atoms with Gasteiger partial charge in [0.15, 0.2) is 5.58 Å². The van der Waals surface area contributed by atoms with Crippen molar-refractivity contribution in [1.82, 2.24) is 10.3 Å². The van der Waals surface area contributed by atoms with E-state index in [9.17, 15) is 9.59 Å². The third-order valence-electron chi connectivity index (χ3n) is 3.80. The van der Waals surface area contributed by atoms with Gasteiger partial charge >= 0.3 is 5.76 Å². The number of carbonyl (C=O) groups excluding carboxylic acids is 1. The summed E-state index contributed by atoms with van der Waals surface area (Å²) in [5, 5.41) is 2.99. The van der Waals surface area contributed by atoms with Crippen LogP contribution in [-0.4, -0.2) is 10.9 Å². The summed E-state index contributed by atoms with van der Waals surface area (Å²) in [4.78, 5) is 25.8. The second-order valence-corrected chi connectivity index (χ2v) is 5.54. The molecule has 0 aliphatic rings. The fraction of sp³-hybridized carbons (Fsp3) is 0.222. The minimum Gasteiger partial charge on any atom is -0.408 e. The number of rotatable bonds is 5. The molecule has 0 bridgehead atoms. The number of aryl methyl sites for hydroxylation is 1. The molecule has 0 radical (unpaired) electrons. The summed E-state index contributed by atoms with van der Waals surface area (Å²) >= 11 is 0. The molecule has 5 nitrogen and oxygen atoms in total. The third kappa shape index (κ3) is 3.69. The second-order valence-electron chi connectivity index (χ2n) is 5.54. The highest BCUT2D eigenvalue weighted by molar-refractivity contribution is 5.77. The molecule has 1 unspecified atom stereocenters. The zero-order chi connectivity index (χ0) is 16.2. The molecule has 5 heteroatoms. The van der Waals surface area contributed by atoms with Gasteiger partial charge in [-0.25, -0.2) is 4.79 Å². The molecule has 1 aromatic heterocycles. The molecule has 23 heavy (non-hydrogen) atoms. The molecule has 0 saturated heterocycles. The van der Waals surface area contributed by atoms with Gasteiger partial charge < -0.3 is 9.73 Å². The van der Waals surface area contributed by atoms with Crippen molar-refractivity contribution < 1.29 is 9.21 Å². The molecule has 3 rings (SSSR count). The van der Waals surface area contributed by atoms with Crippen molar-refractivity contribution in [3.63, 3.8) is 0 Å². The molecule has 0 fully saturated rings. The van der Waals surface area contributed by atoms with Gasteiger partial charge in [-0.2, -0.15) is 0 Å². The van der Waals surface area contributed by atoms with Gasteiger partial charge in [0.05, 0.1) is 11.6 Å². The van der Waals surface area contributed by atoms with Crippen molar-refractivity contribution in [1.29, 1.82) is 0 Å². The summed E-state index contributed by atoms with van der Waals surface area (Å²) < 4.78 is 4.96. The lowest BCUT2D eigenvalue weighted by molar-refractivity contribution is -0.121. The van der Waals surface area contributed by atoms with Crippen LogP contribution in [0.15, 0.2) is 57.7 Å². The second kappa shape index (κ2) is 6.52. The first kappa shape index (κ1) is 15.1. The predicted octanol–water partition coefficient (Wildman–Crippen LogP) is 2.93. The summed E-state index contributed by atoms with van der Waals surface area (Å²) in [6, 6.07) is 15.3. The number of aromatic amines is 1. The maximum Gasteiger partial charge on any atom is 0.417 e. The number of oxazole rings is 1. The van der Waals surface area contributed by atoms with Gasteiger partial charge in [0.1, 0.15) is 0 Å². The molecule has 2 N–H and O–H groups in total. The van der Waals surface area contributed by atoms with E-state index in [1.165, 1.54) is 0 Å². The molecule has 0 aliphatic carbocycles. The van der Waals surface area contributed by atoms with Gasteiger partial charge in [0, 0.05) is 6.42 Å². The minimum atomic E-state index is -0.466. The summed E-state index contributed by atoms with van der Waals surface area (Å²) in [5.41, 5.74) is 3.25. The third-order valence-corrected chi connectivity index (χ3v) is 3.80. The van der Waals surface area contributed by atoms with Crippen molar-refractivity contribution in [2.45, 2.75) is 25.8 Å². The van der Waals surface area contributed by atoms with Crippen LogP contribution in [0.3, 0.4) is 0 Å². The molecule has 1 atom stereocenters. The van der Waals surface area contributed by atoms with Crippen LogP contribution in [0.5, 0.6) is 0 Å². The SMILES string of the molecule is CC(NC(=O)CCc1ccc2oc(=O)[nH]c2c1)c1ccccc1. The fourth-order valence-electron chi connectivity index (χ4n) is 2.55. The Hall–Kier alpha value is -2.82. The average Bonchev–Trinajstić information content (AvgIpc) is 2.93. The summed E-state index contributed by atoms with van der Waals surface area (Å²) in [6.07, 6.45) is 1.00. The topological polar surface area (TPSA) is 75.1 Å². The molecule has 0 spiro atoms. The Labute approximate surface area is 133 Å². The Morgan fingerprint density at radius 2 is 2.00 bits per heavy atom. The van der Waals surface area contributed by atoms with Crippen LogP contribution in [0, 0.1) is 0 Å². The van der Waals surface area contributed by atoms with Gasteiger partial charge in [-0.1, -0.05) is 36.4 Å². The highest BCUT2D eigenvalue weighted by atomic mass is 16.4. The maximum atomic E-state index is 12.1. The summed E-state index contributed by atoms with van der Waals surface area (Å²) in [6.45, 7) is 1.97. The quantitative estimate of drug-likeness (QED) is 0.761. The molecule has 1 heterocycles. The van der Waals surface area contributed by atoms with E-state index in [1.807, 2.05) is 49.4 Å². The predicted molar refractivity (Wildman–Crippen MR) is 88.2 cm³/mol. The Bertz CT molecular complexity index is 865. The maximum absolute atomic E-state index is 12.1. The number of carbonyl (C=O) groups is 1. The average molecular weight is 310 g/mol. The van der Waals surface area contributed by atoms with Crippen LogP contribution in [0.4, 0.5) is 0 Å². The highest BCUT2D eigenvalue weighted by Crippen LogP contribution is 2.15. The first-order valence-corrected chi connectivity index (χ1v) is 7.58. The van der Waals surface area contributed by atoms with E-state index in [4.69, 9.17) is 4.42 Å². The van der Waals surface area contributed by atoms with Gasteiger partial charge in [-0.15, -0.1) is 0 Å². The van der Waals surface area contributed by atoms with E-state index in [2.05, 4.69) is 10.3 Å². The van der Waals surface area contributed by atoms with Crippen molar-refractivity contribution >= 4 is 17.0 Å². The fourth-order valence-corrected chi connectivity index (χ4v) is 2.55. The van der Waals surface area contributed by atoms with Crippen LogP contribution in [0.2, 0.25) is 0 Å². The Balaban J connectivity index is 1.58. The molecular weight excluding hydrogens is 292 g/mol. The van der Waals surface area contributed by atoms with Crippen LogP contribution >= 0.6 is 0 Å². The lowest BCUT2D eigenvalue weighted by atomic mass is 10.1. The van der Waals surface area contributed by atoms with Crippen LogP contribution in [0.25, 0.3) is 11.1 Å². The van der Waals surface area contributed by atoms with Gasteiger partial charge in [0.25, 0.3) is 0 Å². The molecule has 118 valence electrons. The number of hydrogen-bond acceptors (Lipinski definition) is 3. The number of H-pyrrole nitrogens is 1. The van der Waals surface area contributed by atoms with Crippen molar-refractivity contribution in [2.24, 2.45) is 0 Å². The van der Waals surface area contributed by atoms with E-state index in [0.717, 1.165) is 11.1 Å². The van der Waals surface area contributed by atoms with Gasteiger partial charge in [0.2, 0.25) is 5.91 Å². The zero-order valence-electron chi connectivity index (χ0n) is 12.8. The van der Waals surface area contributed by atoms with E-state index in [0.29, 0.717) is 23.9 Å². The lowest BCUT2D eigenvalue weighted by Crippen LogP contribution is -2.26. The van der Waals surface area contributed by atoms with Crippen LogP contribution in [0.1, 0.15) is 30.5 Å². The van der Waals surface area contributed by atoms with Gasteiger partial charge in [-0.05, 0) is 36.6 Å². The van der Waals surface area contributed by atoms with Crippen molar-refractivity contribution in [3.8, 4) is 0 Å². The number of aromatic nitrogens is 1. The van der Waals surface area contributed by atoms with Crippen molar-refractivity contribution in [3.05, 3.63) is 70.2 Å². The van der Waals surface area contributed by atoms with Crippen LogP contribution < -0.4 is 11.1 Å². The van der Waals surface area contributed by atoms with E-state index >= 15 is 0 Å². The number of fused-ring (bicyclic) bond motifs is 1. The van der Waals surface area contributed by atoms with Gasteiger partial charge in [-0.3, -0.25) is 9.78 Å². The Morgan fingerprint density at radius 1 is 1.22 bits per heavy atom. The molecule has 1 amide bonds. The van der Waals surface area contributed by atoms with E-state index < -0.39 is 5.76 Å². The number of hydrogen-bond donors (Lipinski definition) is 2. The molecule has 3 aromatic rings. The molecule has 0 aliphatic heterocycles. The monoisotopic (exact) mass is 310 g/mol. The van der Waals surface area contributed by atoms with Crippen LogP contribution in [-0.2, 0) is 11.2 Å². The van der Waals surface area contributed by atoms with E-state index in [1.54, 1.807) is 6.07 Å². The minimum absolute atomic E-state index is 0.00198. The summed E-state index contributed by atoms with van der Waals surface area (Å²) in [7, 11) is 0. The largest absolute Gasteiger partial charge is 0.417 e. The zero-order valence-corrected chi connectivity index (χ0v) is 12.8. The first-order valence-electron chi connectivity index (χ1n) is 7.58. The molecule has 2 aromatic carbocycles. The standard InChI is InChI=1S/C18H18N2O3/c1-12(14-5-3-2-4-6-14)19-17(21)10-8-13-7-9-16-15(11-13)20-18(22)23-16/h2-7,9,11-12H,8,10H2,1H3,(H,19,21)(H,20,22). The smallest absolute Gasteiger partial charge is 0.408 e. The number of benzene rings is 2.